The van der Waals surface area contributed by atoms with Crippen LogP contribution >= 0.6 is 0 Å². The van der Waals surface area contributed by atoms with Gasteiger partial charge in [0, 0.05) is 31.5 Å². The van der Waals surface area contributed by atoms with Gasteiger partial charge in [-0.05, 0) is 47.5 Å². The van der Waals surface area contributed by atoms with E-state index in [1.807, 2.05) is 34.6 Å². The molecule has 2 rings (SSSR count). The van der Waals surface area contributed by atoms with E-state index in [9.17, 15) is 14.4 Å². The minimum absolute atomic E-state index is 0.226. The van der Waals surface area contributed by atoms with Crippen LogP contribution in [0.4, 0.5) is 4.79 Å². The maximum absolute atomic E-state index is 12.6. The predicted octanol–water partition coefficient (Wildman–Crippen LogP) is 4.11. The van der Waals surface area contributed by atoms with Gasteiger partial charge in [-0.2, -0.15) is 5.10 Å². The van der Waals surface area contributed by atoms with Crippen molar-refractivity contribution in [3.63, 3.8) is 0 Å². The molecule has 1 aliphatic rings. The Labute approximate surface area is 191 Å². The van der Waals surface area contributed by atoms with Crippen LogP contribution < -0.4 is 0 Å². The molecule has 1 aromatic heterocycles. The molecule has 0 unspecified atom stereocenters. The first-order valence-electron chi connectivity index (χ1n) is 11.6. The molecule has 1 amide bonds. The summed E-state index contributed by atoms with van der Waals surface area (Å²) in [6.45, 7) is 14.8. The number of aromatic nitrogens is 2. The van der Waals surface area contributed by atoms with Crippen molar-refractivity contribution in [1.29, 1.82) is 0 Å². The molecule has 0 aromatic carbocycles. The Balaban J connectivity index is 0.00000249. The molecule has 0 aliphatic carbocycles. The van der Waals surface area contributed by atoms with Gasteiger partial charge in [0.15, 0.2) is 5.69 Å². The van der Waals surface area contributed by atoms with Gasteiger partial charge in [-0.3, -0.25) is 9.48 Å². The standard InChI is InChI=1S/C21H33N3O6.C2H6/c1-6-28-17(25)10-8-9-12-24-18(19(26)29-7-2)15-14-23(13-11-16(15)22-24)20(27)30-21(3,4)5;1-2/h6-14H2,1-5H3;1-2H3. The number of hydrogen-bond donors (Lipinski definition) is 0. The van der Waals surface area contributed by atoms with Crippen LogP contribution in [0.25, 0.3) is 0 Å². The van der Waals surface area contributed by atoms with E-state index >= 15 is 0 Å². The summed E-state index contributed by atoms with van der Waals surface area (Å²) in [5.41, 5.74) is 1.28. The summed E-state index contributed by atoms with van der Waals surface area (Å²) in [7, 11) is 0. The Hall–Kier alpha value is -2.58. The van der Waals surface area contributed by atoms with Crippen molar-refractivity contribution in [3.8, 4) is 0 Å². The third-order valence-electron chi connectivity index (χ3n) is 4.53. The smallest absolute Gasteiger partial charge is 0.410 e. The lowest BCUT2D eigenvalue weighted by atomic mass is 10.1. The number of carbonyl (C=O) groups excluding carboxylic acids is 3. The number of unbranched alkanes of at least 4 members (excludes halogenated alkanes) is 1. The number of nitrogens with zero attached hydrogens (tertiary/aromatic N) is 3. The quantitative estimate of drug-likeness (QED) is 0.332. The number of ether oxygens (including phenoxy) is 3. The molecule has 9 nitrogen and oxygen atoms in total. The minimum Gasteiger partial charge on any atom is -0.466 e. The van der Waals surface area contributed by atoms with Crippen LogP contribution in [0.2, 0.25) is 0 Å². The second kappa shape index (κ2) is 13.1. The second-order valence-electron chi connectivity index (χ2n) is 8.13. The highest BCUT2D eigenvalue weighted by molar-refractivity contribution is 5.90. The van der Waals surface area contributed by atoms with Gasteiger partial charge in [-0.1, -0.05) is 13.8 Å². The van der Waals surface area contributed by atoms with Gasteiger partial charge in [-0.25, -0.2) is 9.59 Å². The lowest BCUT2D eigenvalue weighted by molar-refractivity contribution is -0.143. The molecule has 0 spiro atoms. The van der Waals surface area contributed by atoms with Gasteiger partial charge in [0.2, 0.25) is 0 Å². The van der Waals surface area contributed by atoms with E-state index in [2.05, 4.69) is 5.10 Å². The van der Waals surface area contributed by atoms with Gasteiger partial charge in [0.1, 0.15) is 5.60 Å². The number of fused-ring (bicyclic) bond motifs is 1. The summed E-state index contributed by atoms with van der Waals surface area (Å²) in [6, 6.07) is 0. The molecule has 9 heteroatoms. The van der Waals surface area contributed by atoms with Crippen LogP contribution in [0.5, 0.6) is 0 Å². The summed E-state index contributed by atoms with van der Waals surface area (Å²) >= 11 is 0. The zero-order chi connectivity index (χ0) is 24.3. The molecule has 1 aromatic rings. The normalized spacial score (nSPS) is 12.9. The van der Waals surface area contributed by atoms with E-state index in [0.717, 1.165) is 5.69 Å². The highest BCUT2D eigenvalue weighted by atomic mass is 16.6. The van der Waals surface area contributed by atoms with Crippen LogP contribution in [0, 0.1) is 0 Å². The highest BCUT2D eigenvalue weighted by Crippen LogP contribution is 2.25. The Kier molecular flexibility index (Phi) is 11.2. The first kappa shape index (κ1) is 27.5. The molecule has 182 valence electrons. The van der Waals surface area contributed by atoms with E-state index in [4.69, 9.17) is 14.2 Å². The van der Waals surface area contributed by atoms with Crippen LogP contribution in [0.15, 0.2) is 0 Å². The van der Waals surface area contributed by atoms with Gasteiger partial charge in [-0.15, -0.1) is 0 Å². The number of amides is 1. The average molecular weight is 454 g/mol. The maximum atomic E-state index is 12.6. The third kappa shape index (κ3) is 8.16. The Bertz CT molecular complexity index is 767. The molecule has 0 radical (unpaired) electrons. The molecule has 32 heavy (non-hydrogen) atoms. The van der Waals surface area contributed by atoms with Crippen molar-refractivity contribution in [2.75, 3.05) is 19.8 Å². The second-order valence-corrected chi connectivity index (χ2v) is 8.13. The number of hydrogen-bond acceptors (Lipinski definition) is 7. The fraction of sp³-hybridized carbons (Fsp3) is 0.739. The fourth-order valence-corrected chi connectivity index (χ4v) is 3.26. The van der Waals surface area contributed by atoms with E-state index < -0.39 is 17.7 Å². The fourth-order valence-electron chi connectivity index (χ4n) is 3.26. The monoisotopic (exact) mass is 453 g/mol. The SMILES string of the molecule is CC.CCOC(=O)CCCCn1nc2c(c1C(=O)OCC)CN(C(=O)OC(C)(C)C)CC2. The maximum Gasteiger partial charge on any atom is 0.410 e. The highest BCUT2D eigenvalue weighted by Gasteiger charge is 2.32. The summed E-state index contributed by atoms with van der Waals surface area (Å²) in [5.74, 6) is -0.682. The summed E-state index contributed by atoms with van der Waals surface area (Å²) in [4.78, 5) is 38.2. The number of carbonyl (C=O) groups is 3. The number of rotatable bonds is 8. The Morgan fingerprint density at radius 2 is 1.69 bits per heavy atom. The summed E-state index contributed by atoms with van der Waals surface area (Å²) < 4.78 is 17.3. The average Bonchev–Trinajstić information content (AvgIpc) is 3.09. The topological polar surface area (TPSA) is 100.0 Å². The lowest BCUT2D eigenvalue weighted by Crippen LogP contribution is -2.40. The lowest BCUT2D eigenvalue weighted by Gasteiger charge is -2.29. The van der Waals surface area contributed by atoms with Crippen molar-refractivity contribution < 1.29 is 28.6 Å². The third-order valence-corrected chi connectivity index (χ3v) is 4.53. The molecule has 0 bridgehead atoms. The van der Waals surface area contributed by atoms with Gasteiger partial charge in [0.25, 0.3) is 0 Å². The van der Waals surface area contributed by atoms with Crippen LogP contribution in [0.3, 0.4) is 0 Å². The van der Waals surface area contributed by atoms with E-state index in [1.165, 1.54) is 0 Å². The largest absolute Gasteiger partial charge is 0.466 e. The molecule has 1 aliphatic heterocycles. The van der Waals surface area contributed by atoms with Crippen LogP contribution in [-0.2, 0) is 38.5 Å². The molecule has 2 heterocycles. The van der Waals surface area contributed by atoms with Crippen molar-refractivity contribution >= 4 is 18.0 Å². The van der Waals surface area contributed by atoms with Gasteiger partial charge < -0.3 is 19.1 Å². The molecular weight excluding hydrogens is 414 g/mol. The summed E-state index contributed by atoms with van der Waals surface area (Å²) in [5, 5.41) is 4.60. The summed E-state index contributed by atoms with van der Waals surface area (Å²) in [6.07, 6.45) is 1.76. The van der Waals surface area contributed by atoms with Crippen LogP contribution in [-0.4, -0.2) is 58.1 Å². The van der Waals surface area contributed by atoms with Crippen molar-refractivity contribution in [2.24, 2.45) is 0 Å². The zero-order valence-corrected chi connectivity index (χ0v) is 20.7. The Morgan fingerprint density at radius 1 is 1.03 bits per heavy atom. The first-order chi connectivity index (χ1) is 15.2. The zero-order valence-electron chi connectivity index (χ0n) is 20.7. The molecular formula is C23H39N3O6. The number of esters is 2. The van der Waals surface area contributed by atoms with Crippen molar-refractivity contribution in [1.82, 2.24) is 14.7 Å². The van der Waals surface area contributed by atoms with Crippen molar-refractivity contribution in [2.45, 2.75) is 92.8 Å². The molecule has 0 saturated carbocycles. The predicted molar refractivity (Wildman–Crippen MR) is 120 cm³/mol. The van der Waals surface area contributed by atoms with E-state index in [-0.39, 0.29) is 19.1 Å². The number of aryl methyl sites for hydroxylation is 1. The molecule has 0 N–H and O–H groups in total. The van der Waals surface area contributed by atoms with Crippen molar-refractivity contribution in [3.05, 3.63) is 17.0 Å². The minimum atomic E-state index is -0.593. The van der Waals surface area contributed by atoms with Gasteiger partial charge in [0.05, 0.1) is 25.5 Å². The molecule has 0 fully saturated rings. The van der Waals surface area contributed by atoms with Crippen LogP contribution in [0.1, 0.15) is 89.5 Å². The Morgan fingerprint density at radius 3 is 2.28 bits per heavy atom. The van der Waals surface area contributed by atoms with E-state index in [1.54, 1.807) is 23.4 Å². The van der Waals surface area contributed by atoms with Gasteiger partial charge >= 0.3 is 18.0 Å². The molecule has 0 atom stereocenters. The first-order valence-corrected chi connectivity index (χ1v) is 11.6. The van der Waals surface area contributed by atoms with E-state index in [0.29, 0.717) is 56.6 Å². The molecule has 0 saturated heterocycles.